The van der Waals surface area contributed by atoms with Gasteiger partial charge in [0.1, 0.15) is 0 Å². The van der Waals surface area contributed by atoms with Crippen LogP contribution < -0.4 is 4.90 Å². The summed E-state index contributed by atoms with van der Waals surface area (Å²) in [6, 6.07) is 7.79. The Morgan fingerprint density at radius 3 is 2.72 bits per heavy atom. The van der Waals surface area contributed by atoms with Crippen LogP contribution >= 0.6 is 0 Å². The van der Waals surface area contributed by atoms with E-state index in [0.717, 1.165) is 24.1 Å². The van der Waals surface area contributed by atoms with Crippen molar-refractivity contribution in [3.8, 4) is 0 Å². The zero-order valence-corrected chi connectivity index (χ0v) is 10.4. The molecule has 0 N–H and O–H groups in total. The summed E-state index contributed by atoms with van der Waals surface area (Å²) in [7, 11) is 0. The van der Waals surface area contributed by atoms with Crippen LogP contribution in [0.4, 0.5) is 18.6 Å². The molecule has 1 aromatic rings. The minimum Gasteiger partial charge on any atom is -0.445 e. The Bertz CT molecular complexity index is 456. The van der Waals surface area contributed by atoms with Crippen molar-refractivity contribution in [3.63, 3.8) is 0 Å². The minimum absolute atomic E-state index is 0.120. The largest absolute Gasteiger partial charge is 0.506 e. The van der Waals surface area contributed by atoms with Crippen LogP contribution in [0.2, 0.25) is 0 Å². The van der Waals surface area contributed by atoms with Gasteiger partial charge < -0.3 is 17.8 Å². The molecule has 1 heterocycles. The fraction of sp³-hybridized carbons (Fsp3) is 0.385. The molecule has 0 saturated heterocycles. The van der Waals surface area contributed by atoms with Crippen LogP contribution in [0.1, 0.15) is 18.9 Å². The Hall–Kier alpha value is -1.39. The van der Waals surface area contributed by atoms with E-state index in [0.29, 0.717) is 0 Å². The Balaban J connectivity index is 2.25. The lowest BCUT2D eigenvalue weighted by atomic mass is 9.79. The van der Waals surface area contributed by atoms with Crippen LogP contribution in [0.5, 0.6) is 0 Å². The van der Waals surface area contributed by atoms with Gasteiger partial charge in [-0.05, 0) is 31.4 Å². The molecule has 0 spiro atoms. The van der Waals surface area contributed by atoms with E-state index in [-0.39, 0.29) is 12.6 Å². The maximum absolute atomic E-state index is 12.6. The van der Waals surface area contributed by atoms with Crippen LogP contribution in [-0.2, 0) is 6.42 Å². The zero-order chi connectivity index (χ0) is 13.3. The number of aryl methyl sites for hydroxylation is 1. The summed E-state index contributed by atoms with van der Waals surface area (Å²) in [5, 5.41) is 0. The summed E-state index contributed by atoms with van der Waals surface area (Å²) in [4.78, 5) is 1.82. The normalized spacial score (nSPS) is 19.6. The molecule has 0 aliphatic carbocycles. The van der Waals surface area contributed by atoms with Crippen molar-refractivity contribution < 1.29 is 12.9 Å². The van der Waals surface area contributed by atoms with Crippen LogP contribution in [0.15, 0.2) is 36.3 Å². The molecule has 1 unspecified atom stereocenters. The molecule has 1 atom stereocenters. The minimum atomic E-state index is -4.95. The summed E-state index contributed by atoms with van der Waals surface area (Å²) >= 11 is 0. The van der Waals surface area contributed by atoms with E-state index in [1.54, 1.807) is 0 Å². The van der Waals surface area contributed by atoms with E-state index in [1.165, 1.54) is 0 Å². The molecule has 0 fully saturated rings. The number of hydrogen-bond acceptors (Lipinski definition) is 1. The highest BCUT2D eigenvalue weighted by molar-refractivity contribution is 6.66. The number of fused-ring (bicyclic) bond motifs is 1. The van der Waals surface area contributed by atoms with Gasteiger partial charge in [0.05, 0.1) is 0 Å². The molecule has 0 radical (unpaired) electrons. The van der Waals surface area contributed by atoms with Crippen molar-refractivity contribution in [2.45, 2.75) is 25.8 Å². The molecule has 0 amide bonds. The smallest absolute Gasteiger partial charge is 0.445 e. The van der Waals surface area contributed by atoms with Crippen LogP contribution in [0.25, 0.3) is 0 Å². The first kappa shape index (κ1) is 13.1. The van der Waals surface area contributed by atoms with Gasteiger partial charge in [-0.3, -0.25) is 0 Å². The molecule has 1 aliphatic rings. The highest BCUT2D eigenvalue weighted by Gasteiger charge is 2.30. The quantitative estimate of drug-likeness (QED) is 0.742. The molecule has 5 heteroatoms. The van der Waals surface area contributed by atoms with E-state index in [1.807, 2.05) is 36.1 Å². The average molecular weight is 254 g/mol. The average Bonchev–Trinajstić information content (AvgIpc) is 2.31. The molecule has 18 heavy (non-hydrogen) atoms. The zero-order valence-electron chi connectivity index (χ0n) is 10.4. The lowest BCUT2D eigenvalue weighted by Crippen LogP contribution is -2.41. The maximum atomic E-state index is 12.6. The number of hydrogen-bond donors (Lipinski definition) is 0. The van der Waals surface area contributed by atoms with Gasteiger partial charge in [0.15, 0.2) is 0 Å². The monoisotopic (exact) mass is 254 g/mol. The Labute approximate surface area is 105 Å². The van der Waals surface area contributed by atoms with Crippen LogP contribution in [-0.4, -0.2) is 19.6 Å². The second-order valence-corrected chi connectivity index (χ2v) is 4.88. The molecule has 0 aromatic heterocycles. The van der Waals surface area contributed by atoms with Gasteiger partial charge in [0.2, 0.25) is 0 Å². The van der Waals surface area contributed by atoms with E-state index in [4.69, 9.17) is 0 Å². The summed E-state index contributed by atoms with van der Waals surface area (Å²) in [5.41, 5.74) is 1.41. The topological polar surface area (TPSA) is 3.24 Å². The van der Waals surface area contributed by atoms with Gasteiger partial charge in [-0.25, -0.2) is 0 Å². The third-order valence-corrected chi connectivity index (χ3v) is 3.50. The summed E-state index contributed by atoms with van der Waals surface area (Å²) in [5.74, 6) is 0. The van der Waals surface area contributed by atoms with Crippen molar-refractivity contribution in [2.75, 3.05) is 11.4 Å². The van der Waals surface area contributed by atoms with E-state index in [9.17, 15) is 12.9 Å². The lowest BCUT2D eigenvalue weighted by molar-refractivity contribution is 0.483. The molecule has 0 bridgehead atoms. The predicted molar refractivity (Wildman–Crippen MR) is 69.8 cm³/mol. The lowest BCUT2D eigenvalue weighted by Gasteiger charge is -2.39. The number of benzene rings is 1. The first-order valence-electron chi connectivity index (χ1n) is 6.11. The number of halogens is 3. The SMILES string of the molecule is C=C(CN1c2ccccc2CCC1C)[B-](F)(F)F. The molecule has 98 valence electrons. The molecule has 1 nitrogen and oxygen atoms in total. The van der Waals surface area contributed by atoms with E-state index < -0.39 is 12.4 Å². The molecule has 2 rings (SSSR count). The highest BCUT2D eigenvalue weighted by atomic mass is 19.4. The van der Waals surface area contributed by atoms with Crippen molar-refractivity contribution in [1.29, 1.82) is 0 Å². The van der Waals surface area contributed by atoms with Crippen LogP contribution in [0.3, 0.4) is 0 Å². The van der Waals surface area contributed by atoms with Gasteiger partial charge in [-0.15, -0.1) is 12.1 Å². The summed E-state index contributed by atoms with van der Waals surface area (Å²) in [6.45, 7) is 0.0785. The first-order chi connectivity index (χ1) is 8.39. The fourth-order valence-corrected chi connectivity index (χ4v) is 2.32. The highest BCUT2D eigenvalue weighted by Crippen LogP contribution is 2.32. The number of anilines is 1. The van der Waals surface area contributed by atoms with Gasteiger partial charge in [-0.1, -0.05) is 18.2 Å². The van der Waals surface area contributed by atoms with Crippen LogP contribution in [0, 0.1) is 0 Å². The van der Waals surface area contributed by atoms with Crippen molar-refractivity contribution in [1.82, 2.24) is 0 Å². The van der Waals surface area contributed by atoms with Crippen molar-refractivity contribution in [3.05, 3.63) is 41.9 Å². The summed E-state index contributed by atoms with van der Waals surface area (Å²) < 4.78 is 37.9. The molecule has 1 aliphatic heterocycles. The molecule has 1 aromatic carbocycles. The third kappa shape index (κ3) is 2.55. The van der Waals surface area contributed by atoms with Gasteiger partial charge in [0.25, 0.3) is 0 Å². The Kier molecular flexibility index (Phi) is 3.42. The predicted octanol–water partition coefficient (Wildman–Crippen LogP) is 3.77. The van der Waals surface area contributed by atoms with Gasteiger partial charge in [0, 0.05) is 18.3 Å². The van der Waals surface area contributed by atoms with E-state index in [2.05, 4.69) is 6.58 Å². The molecular formula is C13H16BF3N-. The third-order valence-electron chi connectivity index (χ3n) is 3.50. The molecule has 0 saturated carbocycles. The standard InChI is InChI=1S/C13H16BF3N/c1-10(14(15,16)17)9-18-11(2)7-8-12-5-3-4-6-13(12)18/h3-6,11H,1,7-9H2,2H3/q-1. The van der Waals surface area contributed by atoms with Crippen molar-refractivity contribution >= 4 is 12.7 Å². The fourth-order valence-electron chi connectivity index (χ4n) is 2.32. The van der Waals surface area contributed by atoms with Gasteiger partial charge >= 0.3 is 6.98 Å². The van der Waals surface area contributed by atoms with Crippen molar-refractivity contribution in [2.24, 2.45) is 0 Å². The number of para-hydroxylation sites is 1. The number of rotatable bonds is 3. The molecular weight excluding hydrogens is 238 g/mol. The Morgan fingerprint density at radius 2 is 2.06 bits per heavy atom. The number of nitrogens with zero attached hydrogens (tertiary/aromatic N) is 1. The second-order valence-electron chi connectivity index (χ2n) is 4.88. The van der Waals surface area contributed by atoms with Gasteiger partial charge in [-0.2, -0.15) is 0 Å². The Morgan fingerprint density at radius 1 is 1.39 bits per heavy atom. The second kappa shape index (κ2) is 4.71. The maximum Gasteiger partial charge on any atom is 0.506 e. The summed E-state index contributed by atoms with van der Waals surface area (Å²) in [6.07, 6.45) is 1.81. The first-order valence-corrected chi connectivity index (χ1v) is 6.11. The van der Waals surface area contributed by atoms with E-state index >= 15 is 0 Å².